The van der Waals surface area contributed by atoms with Gasteiger partial charge in [0.1, 0.15) is 11.3 Å². The van der Waals surface area contributed by atoms with Gasteiger partial charge in [0, 0.05) is 11.5 Å². The zero-order valence-corrected chi connectivity index (χ0v) is 18.5. The summed E-state index contributed by atoms with van der Waals surface area (Å²) in [7, 11) is 4.50. The maximum absolute atomic E-state index is 10.5. The second-order valence-electron chi connectivity index (χ2n) is 7.47. The molecule has 0 amide bonds. The number of methoxy groups -OCH3 is 3. The average Bonchev–Trinajstić information content (AvgIpc) is 3.37. The number of benzene rings is 1. The van der Waals surface area contributed by atoms with Crippen molar-refractivity contribution in [1.29, 1.82) is 10.5 Å². The molecule has 166 valence electrons. The minimum Gasteiger partial charge on any atom is -0.493 e. The molecule has 0 saturated heterocycles. The Morgan fingerprint density at radius 1 is 0.968 bits per heavy atom. The molecule has 1 aromatic carbocycles. The van der Waals surface area contributed by atoms with Crippen molar-refractivity contribution in [1.82, 2.24) is 0 Å². The Morgan fingerprint density at radius 3 is 2.03 bits per heavy atom. The molecule has 9 nitrogen and oxygen atoms in total. The molecule has 9 heteroatoms. The Kier molecular flexibility index (Phi) is 6.04. The number of hydrogen-bond acceptors (Lipinski definition) is 9. The van der Waals surface area contributed by atoms with Gasteiger partial charge in [0.05, 0.1) is 46.7 Å². The summed E-state index contributed by atoms with van der Waals surface area (Å²) in [6, 6.07) is 8.03. The minimum absolute atomic E-state index is 0.0191. The Labute approximate surface area is 182 Å². The highest BCUT2D eigenvalue weighted by molar-refractivity contribution is 6.00. The molecular weight excluding hydrogens is 400 g/mol. The van der Waals surface area contributed by atoms with Crippen molar-refractivity contribution in [2.24, 2.45) is 21.6 Å². The van der Waals surface area contributed by atoms with Gasteiger partial charge in [-0.05, 0) is 18.9 Å². The molecule has 1 aliphatic heterocycles. The van der Waals surface area contributed by atoms with Crippen molar-refractivity contribution in [2.75, 3.05) is 34.5 Å². The van der Waals surface area contributed by atoms with E-state index in [-0.39, 0.29) is 5.84 Å². The third-order valence-electron chi connectivity index (χ3n) is 5.98. The predicted octanol–water partition coefficient (Wildman–Crippen LogP) is 2.71. The third kappa shape index (κ3) is 2.70. The summed E-state index contributed by atoms with van der Waals surface area (Å²) in [4.78, 5) is 4.43. The van der Waals surface area contributed by atoms with E-state index in [9.17, 15) is 10.5 Å². The van der Waals surface area contributed by atoms with E-state index in [1.54, 1.807) is 12.1 Å². The summed E-state index contributed by atoms with van der Waals surface area (Å²) in [5, 5.41) is 20.7. The first-order valence-corrected chi connectivity index (χ1v) is 10.2. The second kappa shape index (κ2) is 8.26. The average molecular weight is 428 g/mol. The molecule has 0 bridgehead atoms. The van der Waals surface area contributed by atoms with E-state index in [2.05, 4.69) is 17.1 Å². The van der Waals surface area contributed by atoms with Gasteiger partial charge in [-0.15, -0.1) is 0 Å². The lowest BCUT2D eigenvalue weighted by molar-refractivity contribution is -0.259. The van der Waals surface area contributed by atoms with Crippen LogP contribution in [0.3, 0.4) is 0 Å². The van der Waals surface area contributed by atoms with Crippen LogP contribution in [0.15, 0.2) is 17.1 Å². The standard InChI is InChI=1S/C22H28N4O5/c1-6-10-30-22(31-11-7-2)21(13-24)18(20(21,12-23)19(25)26-22)14-8-9-15(27-3)17(29-5)16(14)28-4/h8-9,18H,6-7,10-11H2,1-5H3,(H2,25,26). The fraction of sp³-hybridized carbons (Fsp3) is 0.591. The topological polar surface area (TPSA) is 132 Å². The number of hydrogen-bond donors (Lipinski definition) is 1. The van der Waals surface area contributed by atoms with Gasteiger partial charge in [-0.3, -0.25) is 0 Å². The third-order valence-corrected chi connectivity index (χ3v) is 5.98. The molecule has 1 heterocycles. The Balaban J connectivity index is 2.26. The van der Waals surface area contributed by atoms with Crippen LogP contribution < -0.4 is 19.9 Å². The van der Waals surface area contributed by atoms with Gasteiger partial charge in [-0.1, -0.05) is 19.9 Å². The van der Waals surface area contributed by atoms with Crippen LogP contribution in [0.2, 0.25) is 0 Å². The molecule has 0 spiro atoms. The number of fused-ring (bicyclic) bond motifs is 1. The highest BCUT2D eigenvalue weighted by atomic mass is 16.7. The summed E-state index contributed by atoms with van der Waals surface area (Å²) in [5.41, 5.74) is 3.99. The van der Waals surface area contributed by atoms with Gasteiger partial charge in [0.25, 0.3) is 5.91 Å². The zero-order chi connectivity index (χ0) is 22.9. The predicted molar refractivity (Wildman–Crippen MR) is 112 cm³/mol. The van der Waals surface area contributed by atoms with Crippen molar-refractivity contribution >= 4 is 5.84 Å². The molecule has 0 aromatic heterocycles. The molecule has 1 aromatic rings. The molecule has 0 radical (unpaired) electrons. The summed E-state index contributed by atoms with van der Waals surface area (Å²) >= 11 is 0. The SMILES string of the molecule is CCCOC1(OCCC)N=C(N)C2(C#N)C(c3ccc(OC)c(OC)c3OC)C12C#N. The highest BCUT2D eigenvalue weighted by Crippen LogP contribution is 2.83. The number of aliphatic imine (C=N–C) groups is 1. The number of rotatable bonds is 10. The normalized spacial score (nSPS) is 27.5. The first-order valence-electron chi connectivity index (χ1n) is 10.2. The van der Waals surface area contributed by atoms with Gasteiger partial charge in [-0.25, -0.2) is 4.99 Å². The summed E-state index contributed by atoms with van der Waals surface area (Å²) in [5.74, 6) is -1.18. The Bertz CT molecular complexity index is 958. The van der Waals surface area contributed by atoms with E-state index in [0.29, 0.717) is 48.9 Å². The second-order valence-corrected chi connectivity index (χ2v) is 7.47. The van der Waals surface area contributed by atoms with Crippen molar-refractivity contribution in [3.05, 3.63) is 17.7 Å². The van der Waals surface area contributed by atoms with Crippen LogP contribution in [-0.2, 0) is 9.47 Å². The maximum atomic E-state index is 10.5. The highest BCUT2D eigenvalue weighted by Gasteiger charge is 2.94. The van der Waals surface area contributed by atoms with E-state index >= 15 is 0 Å². The number of nitrogens with two attached hydrogens (primary N) is 1. The first kappa shape index (κ1) is 22.7. The smallest absolute Gasteiger partial charge is 0.293 e. The van der Waals surface area contributed by atoms with Gasteiger partial charge in [0.2, 0.25) is 5.75 Å². The van der Waals surface area contributed by atoms with E-state index in [4.69, 9.17) is 29.4 Å². The molecule has 31 heavy (non-hydrogen) atoms. The lowest BCUT2D eigenvalue weighted by atomic mass is 9.93. The van der Waals surface area contributed by atoms with Gasteiger partial charge >= 0.3 is 0 Å². The van der Waals surface area contributed by atoms with Crippen molar-refractivity contribution in [2.45, 2.75) is 38.5 Å². The van der Waals surface area contributed by atoms with Crippen LogP contribution >= 0.6 is 0 Å². The van der Waals surface area contributed by atoms with Crippen molar-refractivity contribution in [3.8, 4) is 29.4 Å². The van der Waals surface area contributed by atoms with Crippen molar-refractivity contribution < 1.29 is 23.7 Å². The molecule has 2 N–H and O–H groups in total. The molecular formula is C22H28N4O5. The number of amidine groups is 1. The van der Waals surface area contributed by atoms with Crippen LogP contribution in [0.25, 0.3) is 0 Å². The van der Waals surface area contributed by atoms with E-state index in [1.807, 2.05) is 13.8 Å². The quantitative estimate of drug-likeness (QED) is 0.563. The summed E-state index contributed by atoms with van der Waals surface area (Å²) in [6.45, 7) is 4.46. The Hall–Kier alpha value is -3.01. The minimum atomic E-state index is -1.68. The Morgan fingerprint density at radius 2 is 1.58 bits per heavy atom. The number of nitriles is 2. The largest absolute Gasteiger partial charge is 0.493 e. The molecule has 3 unspecified atom stereocenters. The van der Waals surface area contributed by atoms with E-state index in [1.165, 1.54) is 21.3 Å². The fourth-order valence-corrected chi connectivity index (χ4v) is 4.66. The maximum Gasteiger partial charge on any atom is 0.293 e. The van der Waals surface area contributed by atoms with Gasteiger partial charge in [-0.2, -0.15) is 10.5 Å². The fourth-order valence-electron chi connectivity index (χ4n) is 4.66. The molecule has 1 aliphatic carbocycles. The van der Waals surface area contributed by atoms with Crippen LogP contribution in [0.1, 0.15) is 38.2 Å². The lowest BCUT2D eigenvalue weighted by Gasteiger charge is -2.32. The molecule has 1 fully saturated rings. The van der Waals surface area contributed by atoms with Crippen LogP contribution in [0.4, 0.5) is 0 Å². The zero-order valence-electron chi connectivity index (χ0n) is 18.5. The van der Waals surface area contributed by atoms with E-state index in [0.717, 1.165) is 0 Å². The van der Waals surface area contributed by atoms with Gasteiger partial charge in [0.15, 0.2) is 16.9 Å². The summed E-state index contributed by atoms with van der Waals surface area (Å²) < 4.78 is 28.6. The number of ether oxygens (including phenoxy) is 5. The lowest BCUT2D eigenvalue weighted by Crippen LogP contribution is -2.44. The summed E-state index contributed by atoms with van der Waals surface area (Å²) in [6.07, 6.45) is 1.36. The van der Waals surface area contributed by atoms with E-state index < -0.39 is 22.7 Å². The number of nitrogens with zero attached hydrogens (tertiary/aromatic N) is 3. The van der Waals surface area contributed by atoms with Crippen LogP contribution in [0, 0.1) is 33.5 Å². The molecule has 3 atom stereocenters. The van der Waals surface area contributed by atoms with Crippen molar-refractivity contribution in [3.63, 3.8) is 0 Å². The monoisotopic (exact) mass is 428 g/mol. The van der Waals surface area contributed by atoms with Crippen LogP contribution in [-0.4, -0.2) is 46.3 Å². The molecule has 2 aliphatic rings. The molecule has 1 saturated carbocycles. The van der Waals surface area contributed by atoms with Crippen LogP contribution in [0.5, 0.6) is 17.2 Å². The molecule has 3 rings (SSSR count). The first-order chi connectivity index (χ1) is 14.9. The van der Waals surface area contributed by atoms with Gasteiger partial charge < -0.3 is 29.4 Å².